The van der Waals surface area contributed by atoms with Gasteiger partial charge < -0.3 is 9.84 Å². The zero-order chi connectivity index (χ0) is 20.2. The van der Waals surface area contributed by atoms with E-state index in [0.29, 0.717) is 5.56 Å². The first-order valence-electron chi connectivity index (χ1n) is 9.42. The van der Waals surface area contributed by atoms with Crippen molar-refractivity contribution in [2.24, 2.45) is 0 Å². The molecule has 3 nitrogen and oxygen atoms in total. The van der Waals surface area contributed by atoms with E-state index in [1.54, 1.807) is 55.3 Å². The van der Waals surface area contributed by atoms with Crippen molar-refractivity contribution in [2.75, 3.05) is 6.61 Å². The van der Waals surface area contributed by atoms with Gasteiger partial charge in [-0.2, -0.15) is 0 Å². The molecule has 2 aromatic rings. The summed E-state index contributed by atoms with van der Waals surface area (Å²) in [5.74, 6) is 0.0311. The van der Waals surface area contributed by atoms with E-state index in [1.165, 1.54) is 38.0 Å². The van der Waals surface area contributed by atoms with Crippen molar-refractivity contribution in [2.45, 2.75) is 26.2 Å². The second-order valence-corrected chi connectivity index (χ2v) is 10.9. The second kappa shape index (κ2) is 9.60. The maximum atomic E-state index is 11.1. The predicted octanol–water partition coefficient (Wildman–Crippen LogP) is 7.78. The molecule has 0 aliphatic carbocycles. The third-order valence-corrected chi connectivity index (χ3v) is 9.98. The average molecular weight is 461 g/mol. The summed E-state index contributed by atoms with van der Waals surface area (Å²) in [7, 11) is 7.12. The number of unbranched alkanes of at least 4 members (excludes halogenated alkanes) is 2. The molecule has 4 rings (SSSR count). The lowest BCUT2D eigenvalue weighted by Crippen LogP contribution is -1.96. The molecule has 7 heteroatoms. The Balaban J connectivity index is 1.52. The highest BCUT2D eigenvalue weighted by atomic mass is 33.1. The van der Waals surface area contributed by atoms with Gasteiger partial charge in [0.25, 0.3) is 0 Å². The molecule has 0 aromatic heterocycles. The van der Waals surface area contributed by atoms with Gasteiger partial charge in [0, 0.05) is 19.6 Å². The molecule has 29 heavy (non-hydrogen) atoms. The first-order valence-corrected chi connectivity index (χ1v) is 13.7. The summed E-state index contributed by atoms with van der Waals surface area (Å²) in [5, 5.41) is 9.10. The van der Waals surface area contributed by atoms with Gasteiger partial charge in [0.05, 0.1) is 12.2 Å². The minimum Gasteiger partial charge on any atom is -0.494 e. The van der Waals surface area contributed by atoms with Gasteiger partial charge in [0.2, 0.25) is 0 Å². The lowest BCUT2D eigenvalue weighted by atomic mass is 10.1. The summed E-state index contributed by atoms with van der Waals surface area (Å²) in [6.07, 6.45) is 3.50. The summed E-state index contributed by atoms with van der Waals surface area (Å²) in [6, 6.07) is 15.5. The molecule has 0 saturated heterocycles. The van der Waals surface area contributed by atoms with Gasteiger partial charge >= 0.3 is 5.97 Å². The molecule has 0 bridgehead atoms. The van der Waals surface area contributed by atoms with Gasteiger partial charge in [-0.25, -0.2) is 4.79 Å². The van der Waals surface area contributed by atoms with E-state index in [0.717, 1.165) is 24.3 Å². The lowest BCUT2D eigenvalue weighted by Gasteiger charge is -2.07. The Bertz CT molecular complexity index is 963. The first-order chi connectivity index (χ1) is 14.2. The molecule has 0 amide bonds. The molecule has 0 atom stereocenters. The van der Waals surface area contributed by atoms with Crippen LogP contribution in [0.5, 0.6) is 5.75 Å². The zero-order valence-corrected chi connectivity index (χ0v) is 19.1. The Hall–Kier alpha value is -1.41. The van der Waals surface area contributed by atoms with Crippen LogP contribution < -0.4 is 4.74 Å². The van der Waals surface area contributed by atoms with Crippen molar-refractivity contribution in [3.05, 3.63) is 75.0 Å². The molecular formula is C22H20O3S4. The highest BCUT2D eigenvalue weighted by Gasteiger charge is 2.32. The Labute approximate surface area is 186 Å². The van der Waals surface area contributed by atoms with Crippen molar-refractivity contribution in [1.29, 1.82) is 0 Å². The van der Waals surface area contributed by atoms with Gasteiger partial charge in [0.15, 0.2) is 0 Å². The number of aromatic carboxylic acids is 1. The minimum atomic E-state index is -0.894. The number of rotatable bonds is 8. The predicted molar refractivity (Wildman–Crippen MR) is 129 cm³/mol. The molecule has 1 N–H and O–H groups in total. The smallest absolute Gasteiger partial charge is 0.335 e. The van der Waals surface area contributed by atoms with Crippen LogP contribution in [-0.4, -0.2) is 17.7 Å². The summed E-state index contributed by atoms with van der Waals surface area (Å²) >= 11 is 0. The third-order valence-electron chi connectivity index (χ3n) is 4.56. The van der Waals surface area contributed by atoms with E-state index >= 15 is 0 Å². The van der Waals surface area contributed by atoms with E-state index in [2.05, 4.69) is 31.2 Å². The Morgan fingerprint density at radius 3 is 1.83 bits per heavy atom. The second-order valence-electron chi connectivity index (χ2n) is 6.61. The molecule has 0 saturated carbocycles. The maximum Gasteiger partial charge on any atom is 0.335 e. The molecule has 0 spiro atoms. The first kappa shape index (κ1) is 20.8. The monoisotopic (exact) mass is 460 g/mol. The molecule has 2 aliphatic heterocycles. The van der Waals surface area contributed by atoms with Crippen LogP contribution in [0.25, 0.3) is 9.81 Å². The van der Waals surface area contributed by atoms with Crippen molar-refractivity contribution in [3.63, 3.8) is 0 Å². The molecule has 2 aliphatic rings. The molecule has 2 heterocycles. The fourth-order valence-corrected chi connectivity index (χ4v) is 9.77. The van der Waals surface area contributed by atoms with Crippen LogP contribution in [0.4, 0.5) is 0 Å². The fourth-order valence-electron chi connectivity index (χ4n) is 2.97. The summed E-state index contributed by atoms with van der Waals surface area (Å²) in [4.78, 5) is 16.2. The highest BCUT2D eigenvalue weighted by Crippen LogP contribution is 2.68. The number of hydrogen-bond acceptors (Lipinski definition) is 6. The summed E-state index contributed by atoms with van der Waals surface area (Å²) < 4.78 is 5.83. The van der Waals surface area contributed by atoms with Gasteiger partial charge in [0.1, 0.15) is 5.75 Å². The Kier molecular flexibility index (Phi) is 6.90. The van der Waals surface area contributed by atoms with Crippen LogP contribution >= 0.6 is 43.2 Å². The van der Waals surface area contributed by atoms with Gasteiger partial charge in [-0.05, 0) is 63.4 Å². The summed E-state index contributed by atoms with van der Waals surface area (Å²) in [6.45, 7) is 2.97. The number of carboxylic acids is 1. The van der Waals surface area contributed by atoms with Crippen molar-refractivity contribution in [1.82, 2.24) is 0 Å². The van der Waals surface area contributed by atoms with Crippen LogP contribution in [-0.2, 0) is 0 Å². The molecular weight excluding hydrogens is 441 g/mol. The van der Waals surface area contributed by atoms with Crippen LogP contribution in [0.15, 0.2) is 58.3 Å². The van der Waals surface area contributed by atoms with Crippen LogP contribution in [0, 0.1) is 0 Å². The van der Waals surface area contributed by atoms with Gasteiger partial charge in [-0.1, -0.05) is 65.6 Å². The van der Waals surface area contributed by atoms with Crippen LogP contribution in [0.1, 0.15) is 47.7 Å². The Morgan fingerprint density at radius 1 is 0.793 bits per heavy atom. The van der Waals surface area contributed by atoms with Crippen molar-refractivity contribution < 1.29 is 14.6 Å². The SMILES string of the molecule is CCCCCOc1ccc(C2=C3SSC(c4ccc(C(=O)O)cc4)=C3SS2)cc1. The lowest BCUT2D eigenvalue weighted by molar-refractivity contribution is 0.0697. The highest BCUT2D eigenvalue weighted by molar-refractivity contribution is 8.87. The maximum absolute atomic E-state index is 11.1. The van der Waals surface area contributed by atoms with Crippen molar-refractivity contribution >= 4 is 59.0 Å². The average Bonchev–Trinajstić information content (AvgIpc) is 3.34. The summed E-state index contributed by atoms with van der Waals surface area (Å²) in [5.41, 5.74) is 2.60. The van der Waals surface area contributed by atoms with Gasteiger partial charge in [-0.15, -0.1) is 0 Å². The number of fused-ring (bicyclic) bond motifs is 1. The largest absolute Gasteiger partial charge is 0.494 e. The third kappa shape index (κ3) is 4.68. The number of carbonyl (C=O) groups is 1. The van der Waals surface area contributed by atoms with E-state index < -0.39 is 5.97 Å². The standard InChI is InChI=1S/C22H20O3S4/c1-2-3-4-13-25-17-11-9-15(10-12-17)19-21-20(28-27-19)18(26-29-21)14-5-7-16(8-6-14)22(23)24/h5-12H,2-4,13H2,1H3,(H,23,24). The van der Waals surface area contributed by atoms with Crippen LogP contribution in [0.3, 0.4) is 0 Å². The molecule has 2 aromatic carbocycles. The molecule has 0 unspecified atom stereocenters. The molecule has 0 radical (unpaired) electrons. The normalized spacial score (nSPS) is 15.8. The Morgan fingerprint density at radius 2 is 1.31 bits per heavy atom. The fraction of sp³-hybridized carbons (Fsp3) is 0.227. The topological polar surface area (TPSA) is 46.5 Å². The molecule has 0 fully saturated rings. The minimum absolute atomic E-state index is 0.317. The number of ether oxygens (including phenoxy) is 1. The van der Waals surface area contributed by atoms with E-state index in [9.17, 15) is 4.79 Å². The van der Waals surface area contributed by atoms with E-state index in [4.69, 9.17) is 9.84 Å². The van der Waals surface area contributed by atoms with Crippen molar-refractivity contribution in [3.8, 4) is 5.75 Å². The zero-order valence-electron chi connectivity index (χ0n) is 15.8. The number of hydrogen-bond donors (Lipinski definition) is 1. The van der Waals surface area contributed by atoms with E-state index in [-0.39, 0.29) is 0 Å². The molecule has 150 valence electrons. The van der Waals surface area contributed by atoms with Crippen LogP contribution in [0.2, 0.25) is 0 Å². The number of benzene rings is 2. The van der Waals surface area contributed by atoms with Gasteiger partial charge in [-0.3, -0.25) is 0 Å². The quantitative estimate of drug-likeness (QED) is 0.319. The number of carboxylic acid groups (broad SMARTS) is 1. The van der Waals surface area contributed by atoms with E-state index in [1.807, 2.05) is 12.1 Å².